The minimum absolute atomic E-state index is 0.0111. The fraction of sp³-hybridized carbons (Fsp3) is 0.750. The van der Waals surface area contributed by atoms with Gasteiger partial charge in [0.25, 0.3) is 0 Å². The number of halogens is 1. The standard InChI is InChI=1S/C8H12BrN3OS/c1-8(2)5-13-4-3-12(8)7-11-10-6(9)14-7/h3-5H2,1-2H3. The van der Waals surface area contributed by atoms with E-state index in [1.54, 1.807) is 11.3 Å². The van der Waals surface area contributed by atoms with Crippen LogP contribution in [0.3, 0.4) is 0 Å². The van der Waals surface area contributed by atoms with Crippen molar-refractivity contribution in [3.05, 3.63) is 3.92 Å². The van der Waals surface area contributed by atoms with Gasteiger partial charge in [-0.05, 0) is 29.8 Å². The van der Waals surface area contributed by atoms with Crippen LogP contribution >= 0.6 is 27.3 Å². The summed E-state index contributed by atoms with van der Waals surface area (Å²) in [5.74, 6) is 0. The van der Waals surface area contributed by atoms with E-state index in [9.17, 15) is 0 Å². The molecule has 0 spiro atoms. The van der Waals surface area contributed by atoms with E-state index in [1.807, 2.05) is 0 Å². The molecule has 0 radical (unpaired) electrons. The molecule has 4 nitrogen and oxygen atoms in total. The predicted octanol–water partition coefficient (Wildman–Crippen LogP) is 1.92. The molecule has 2 rings (SSSR count). The molecule has 0 unspecified atom stereocenters. The van der Waals surface area contributed by atoms with Gasteiger partial charge in [-0.25, -0.2) is 0 Å². The first-order valence-electron chi connectivity index (χ1n) is 4.44. The van der Waals surface area contributed by atoms with Gasteiger partial charge >= 0.3 is 0 Å². The summed E-state index contributed by atoms with van der Waals surface area (Å²) in [6.07, 6.45) is 0. The van der Waals surface area contributed by atoms with E-state index in [4.69, 9.17) is 4.74 Å². The molecule has 1 aliphatic rings. The van der Waals surface area contributed by atoms with E-state index < -0.39 is 0 Å². The fourth-order valence-electron chi connectivity index (χ4n) is 1.52. The summed E-state index contributed by atoms with van der Waals surface area (Å²) in [6, 6.07) is 0. The smallest absolute Gasteiger partial charge is 0.209 e. The van der Waals surface area contributed by atoms with E-state index >= 15 is 0 Å². The lowest BCUT2D eigenvalue weighted by atomic mass is 10.0. The van der Waals surface area contributed by atoms with Gasteiger partial charge in [0.05, 0.1) is 18.8 Å². The molecule has 1 aromatic rings. The van der Waals surface area contributed by atoms with Crippen molar-refractivity contribution in [1.82, 2.24) is 10.2 Å². The molecule has 1 aromatic heterocycles. The number of rotatable bonds is 1. The minimum Gasteiger partial charge on any atom is -0.377 e. The number of anilines is 1. The molecule has 0 atom stereocenters. The molecule has 0 aliphatic carbocycles. The number of morpholine rings is 1. The Kier molecular flexibility index (Phi) is 2.77. The summed E-state index contributed by atoms with van der Waals surface area (Å²) in [6.45, 7) is 6.70. The Labute approximate surface area is 95.4 Å². The SMILES string of the molecule is CC1(C)COCCN1c1nnc(Br)s1. The number of nitrogens with zero attached hydrogens (tertiary/aromatic N) is 3. The Morgan fingerprint density at radius 3 is 2.86 bits per heavy atom. The average Bonchev–Trinajstić information content (AvgIpc) is 2.51. The second-order valence-electron chi connectivity index (χ2n) is 3.85. The van der Waals surface area contributed by atoms with Crippen LogP contribution in [0.1, 0.15) is 13.8 Å². The molecule has 2 heterocycles. The zero-order chi connectivity index (χ0) is 10.2. The maximum absolute atomic E-state index is 5.45. The highest BCUT2D eigenvalue weighted by Gasteiger charge is 2.32. The van der Waals surface area contributed by atoms with E-state index in [0.717, 1.165) is 28.8 Å². The van der Waals surface area contributed by atoms with Crippen LogP contribution in [0.15, 0.2) is 3.92 Å². The van der Waals surface area contributed by atoms with Crippen LogP contribution < -0.4 is 4.90 Å². The summed E-state index contributed by atoms with van der Waals surface area (Å²) in [5, 5.41) is 9.05. The second-order valence-corrected chi connectivity index (χ2v) is 6.09. The Morgan fingerprint density at radius 1 is 1.50 bits per heavy atom. The Hall–Kier alpha value is -0.200. The van der Waals surface area contributed by atoms with Crippen LogP contribution in [0.2, 0.25) is 0 Å². The van der Waals surface area contributed by atoms with Crippen LogP contribution in [0.5, 0.6) is 0 Å². The van der Waals surface area contributed by atoms with Gasteiger partial charge in [0, 0.05) is 6.54 Å². The zero-order valence-corrected chi connectivity index (χ0v) is 10.6. The lowest BCUT2D eigenvalue weighted by Gasteiger charge is -2.41. The molecular formula is C8H12BrN3OS. The molecular weight excluding hydrogens is 266 g/mol. The Bertz CT molecular complexity index is 328. The maximum atomic E-state index is 5.45. The first-order chi connectivity index (χ1) is 6.59. The fourth-order valence-corrected chi connectivity index (χ4v) is 2.80. The number of hydrogen-bond acceptors (Lipinski definition) is 5. The number of ether oxygens (including phenoxy) is 1. The first kappa shape index (κ1) is 10.3. The highest BCUT2D eigenvalue weighted by Crippen LogP contribution is 2.31. The lowest BCUT2D eigenvalue weighted by molar-refractivity contribution is 0.0643. The number of hydrogen-bond donors (Lipinski definition) is 0. The third-order valence-corrected chi connectivity index (χ3v) is 3.64. The van der Waals surface area contributed by atoms with Crippen molar-refractivity contribution >= 4 is 32.4 Å². The quantitative estimate of drug-likeness (QED) is 0.786. The monoisotopic (exact) mass is 277 g/mol. The van der Waals surface area contributed by atoms with Crippen molar-refractivity contribution < 1.29 is 4.74 Å². The zero-order valence-electron chi connectivity index (χ0n) is 8.16. The molecule has 0 saturated carbocycles. The van der Waals surface area contributed by atoms with Crippen molar-refractivity contribution in [3.63, 3.8) is 0 Å². The van der Waals surface area contributed by atoms with Gasteiger partial charge in [-0.2, -0.15) is 0 Å². The molecule has 0 amide bonds. The largest absolute Gasteiger partial charge is 0.377 e. The van der Waals surface area contributed by atoms with Crippen molar-refractivity contribution in [2.24, 2.45) is 0 Å². The summed E-state index contributed by atoms with van der Waals surface area (Å²) < 4.78 is 6.27. The molecule has 14 heavy (non-hydrogen) atoms. The predicted molar refractivity (Wildman–Crippen MR) is 59.9 cm³/mol. The third-order valence-electron chi connectivity index (χ3n) is 2.27. The van der Waals surface area contributed by atoms with Gasteiger partial charge < -0.3 is 9.64 Å². The van der Waals surface area contributed by atoms with Gasteiger partial charge in [-0.15, -0.1) is 10.2 Å². The molecule has 6 heteroatoms. The Morgan fingerprint density at radius 2 is 2.29 bits per heavy atom. The van der Waals surface area contributed by atoms with Gasteiger partial charge in [-0.3, -0.25) is 0 Å². The highest BCUT2D eigenvalue weighted by atomic mass is 79.9. The number of aromatic nitrogens is 2. The van der Waals surface area contributed by atoms with Crippen LogP contribution in [0, 0.1) is 0 Å². The maximum Gasteiger partial charge on any atom is 0.209 e. The van der Waals surface area contributed by atoms with E-state index in [0.29, 0.717) is 0 Å². The molecule has 0 bridgehead atoms. The van der Waals surface area contributed by atoms with Crippen molar-refractivity contribution in [2.75, 3.05) is 24.7 Å². The van der Waals surface area contributed by atoms with E-state index in [1.165, 1.54) is 0 Å². The third kappa shape index (κ3) is 1.92. The van der Waals surface area contributed by atoms with Gasteiger partial charge in [0.15, 0.2) is 3.92 Å². The van der Waals surface area contributed by atoms with Crippen LogP contribution in [0.25, 0.3) is 0 Å². The van der Waals surface area contributed by atoms with Crippen LogP contribution in [0.4, 0.5) is 5.13 Å². The van der Waals surface area contributed by atoms with Gasteiger partial charge in [0.2, 0.25) is 5.13 Å². The first-order valence-corrected chi connectivity index (χ1v) is 6.05. The second kappa shape index (κ2) is 3.75. The highest BCUT2D eigenvalue weighted by molar-refractivity contribution is 9.11. The molecule has 1 fully saturated rings. The molecule has 0 aromatic carbocycles. The summed E-state index contributed by atoms with van der Waals surface area (Å²) in [7, 11) is 0. The topological polar surface area (TPSA) is 38.2 Å². The Balaban J connectivity index is 2.23. The van der Waals surface area contributed by atoms with Crippen LogP contribution in [-0.2, 0) is 4.74 Å². The molecule has 78 valence electrons. The van der Waals surface area contributed by atoms with E-state index in [2.05, 4.69) is 44.9 Å². The summed E-state index contributed by atoms with van der Waals surface area (Å²) >= 11 is 4.88. The molecule has 1 aliphatic heterocycles. The van der Waals surface area contributed by atoms with Crippen molar-refractivity contribution in [3.8, 4) is 0 Å². The normalized spacial score (nSPS) is 21.2. The van der Waals surface area contributed by atoms with Gasteiger partial charge in [0.1, 0.15) is 0 Å². The van der Waals surface area contributed by atoms with Crippen LogP contribution in [-0.4, -0.2) is 35.5 Å². The summed E-state index contributed by atoms with van der Waals surface area (Å²) in [5.41, 5.74) is 0.0111. The lowest BCUT2D eigenvalue weighted by Crippen LogP contribution is -2.53. The molecule has 0 N–H and O–H groups in total. The van der Waals surface area contributed by atoms with Crippen molar-refractivity contribution in [2.45, 2.75) is 19.4 Å². The summed E-state index contributed by atoms with van der Waals surface area (Å²) in [4.78, 5) is 2.25. The molecule has 1 saturated heterocycles. The van der Waals surface area contributed by atoms with Crippen molar-refractivity contribution in [1.29, 1.82) is 0 Å². The van der Waals surface area contributed by atoms with E-state index in [-0.39, 0.29) is 5.54 Å². The average molecular weight is 278 g/mol. The minimum atomic E-state index is 0.0111. The van der Waals surface area contributed by atoms with Gasteiger partial charge in [-0.1, -0.05) is 11.3 Å².